The minimum absolute atomic E-state index is 0.0932. The van der Waals surface area contributed by atoms with Crippen LogP contribution < -0.4 is 9.62 Å². The Balaban J connectivity index is 1.40. The molecule has 1 N–H and O–H groups in total. The Bertz CT molecular complexity index is 1660. The summed E-state index contributed by atoms with van der Waals surface area (Å²) in [5.41, 5.74) is 3.98. The topological polar surface area (TPSA) is 79.6 Å². The number of furan rings is 1. The third kappa shape index (κ3) is 3.44. The zero-order valence-electron chi connectivity index (χ0n) is 21.0. The molecule has 6 rings (SSSR count). The average Bonchev–Trinajstić information content (AvgIpc) is 3.33. The van der Waals surface area contributed by atoms with E-state index < -0.39 is 10.0 Å². The Morgan fingerprint density at radius 1 is 1.08 bits per heavy atom. The molecule has 0 bridgehead atoms. The molecule has 1 aliphatic carbocycles. The normalized spacial score (nSPS) is 17.7. The van der Waals surface area contributed by atoms with Crippen molar-refractivity contribution >= 4 is 49.0 Å². The van der Waals surface area contributed by atoms with E-state index in [2.05, 4.69) is 25.5 Å². The molecule has 0 fully saturated rings. The van der Waals surface area contributed by atoms with Crippen molar-refractivity contribution in [3.05, 3.63) is 65.4 Å². The lowest BCUT2D eigenvalue weighted by Gasteiger charge is -2.33. The van der Waals surface area contributed by atoms with Gasteiger partial charge in [0.05, 0.1) is 10.6 Å². The molecule has 3 aromatic carbocycles. The number of fused-ring (bicyclic) bond motifs is 3. The van der Waals surface area contributed by atoms with Gasteiger partial charge in [-0.1, -0.05) is 32.9 Å². The molecule has 1 amide bonds. The van der Waals surface area contributed by atoms with Crippen LogP contribution in [-0.4, -0.2) is 20.9 Å². The number of anilines is 2. The fourth-order valence-electron chi connectivity index (χ4n) is 5.86. The van der Waals surface area contributed by atoms with Gasteiger partial charge in [0.2, 0.25) is 0 Å². The zero-order chi connectivity index (χ0) is 25.4. The van der Waals surface area contributed by atoms with Crippen molar-refractivity contribution in [2.24, 2.45) is 11.3 Å². The molecule has 0 saturated carbocycles. The summed E-state index contributed by atoms with van der Waals surface area (Å²) in [4.78, 5) is 14.7. The zero-order valence-corrected chi connectivity index (χ0v) is 21.8. The summed E-state index contributed by atoms with van der Waals surface area (Å²) in [5, 5.41) is 2.22. The second kappa shape index (κ2) is 7.84. The summed E-state index contributed by atoms with van der Waals surface area (Å²) in [5.74, 6) is 1.47. The summed E-state index contributed by atoms with van der Waals surface area (Å²) in [6.45, 7) is 9.26. The van der Waals surface area contributed by atoms with Crippen LogP contribution in [0.15, 0.2) is 57.8 Å². The Hall–Kier alpha value is -3.32. The Kier molecular flexibility index (Phi) is 5.03. The van der Waals surface area contributed by atoms with Crippen LogP contribution in [0, 0.1) is 11.3 Å². The van der Waals surface area contributed by atoms with Crippen LogP contribution in [0.5, 0.6) is 0 Å². The van der Waals surface area contributed by atoms with Gasteiger partial charge in [0.15, 0.2) is 0 Å². The van der Waals surface area contributed by atoms with Crippen LogP contribution in [0.25, 0.3) is 21.7 Å². The lowest BCUT2D eigenvalue weighted by atomic mass is 9.71. The molecule has 2 aliphatic rings. The number of rotatable bonds is 4. The number of carbonyl (C=O) groups excluding carboxylic acids is 1. The first-order valence-electron chi connectivity index (χ1n) is 12.5. The van der Waals surface area contributed by atoms with Gasteiger partial charge in [-0.25, -0.2) is 8.42 Å². The monoisotopic (exact) mass is 502 g/mol. The van der Waals surface area contributed by atoms with E-state index in [0.717, 1.165) is 41.7 Å². The maximum Gasteiger partial charge on any atom is 0.262 e. The van der Waals surface area contributed by atoms with Crippen LogP contribution in [0.4, 0.5) is 11.4 Å². The quantitative estimate of drug-likeness (QED) is 0.345. The predicted octanol–water partition coefficient (Wildman–Crippen LogP) is 6.52. The number of amides is 1. The molecule has 1 aliphatic heterocycles. The lowest BCUT2D eigenvalue weighted by Crippen LogP contribution is -2.26. The van der Waals surface area contributed by atoms with Gasteiger partial charge in [-0.2, -0.15) is 0 Å². The van der Waals surface area contributed by atoms with E-state index in [9.17, 15) is 13.2 Å². The predicted molar refractivity (Wildman–Crippen MR) is 143 cm³/mol. The molecule has 4 aromatic rings. The van der Waals surface area contributed by atoms with Gasteiger partial charge in [-0.3, -0.25) is 9.52 Å². The number of hydrogen-bond donors (Lipinski definition) is 1. The van der Waals surface area contributed by atoms with Crippen molar-refractivity contribution in [2.45, 2.75) is 51.9 Å². The number of hydrogen-bond acceptors (Lipinski definition) is 4. The van der Waals surface area contributed by atoms with Crippen LogP contribution in [0.1, 0.15) is 55.8 Å². The van der Waals surface area contributed by atoms with Gasteiger partial charge in [0.25, 0.3) is 15.9 Å². The second-order valence-corrected chi connectivity index (χ2v) is 12.6. The first-order chi connectivity index (χ1) is 17.1. The van der Waals surface area contributed by atoms with E-state index in [1.54, 1.807) is 41.3 Å². The van der Waals surface area contributed by atoms with Gasteiger partial charge in [-0.15, -0.1) is 0 Å². The van der Waals surface area contributed by atoms with Gasteiger partial charge in [0.1, 0.15) is 11.3 Å². The minimum Gasteiger partial charge on any atom is -0.461 e. The van der Waals surface area contributed by atoms with Gasteiger partial charge >= 0.3 is 0 Å². The van der Waals surface area contributed by atoms with E-state index in [1.165, 1.54) is 5.56 Å². The fourth-order valence-corrected chi connectivity index (χ4v) is 7.11. The van der Waals surface area contributed by atoms with Crippen molar-refractivity contribution in [1.29, 1.82) is 0 Å². The molecule has 7 heteroatoms. The molecule has 6 nitrogen and oxygen atoms in total. The van der Waals surface area contributed by atoms with Gasteiger partial charge in [-0.05, 0) is 67.5 Å². The van der Waals surface area contributed by atoms with Gasteiger partial charge < -0.3 is 9.32 Å². The second-order valence-electron chi connectivity index (χ2n) is 11.0. The maximum atomic E-state index is 13.6. The van der Waals surface area contributed by atoms with Gasteiger partial charge in [0, 0.05) is 45.9 Å². The number of nitrogens with zero attached hydrogens (tertiary/aromatic N) is 1. The molecule has 1 aromatic heterocycles. The van der Waals surface area contributed by atoms with Crippen LogP contribution in [0.3, 0.4) is 0 Å². The Labute approximate surface area is 211 Å². The highest BCUT2D eigenvalue weighted by Crippen LogP contribution is 2.43. The van der Waals surface area contributed by atoms with Crippen molar-refractivity contribution in [3.8, 4) is 0 Å². The van der Waals surface area contributed by atoms with Crippen LogP contribution >= 0.6 is 0 Å². The summed E-state index contributed by atoms with van der Waals surface area (Å²) in [6.07, 6.45) is 2.93. The first-order valence-corrected chi connectivity index (χ1v) is 14.0. The van der Waals surface area contributed by atoms with Crippen molar-refractivity contribution in [2.75, 3.05) is 16.2 Å². The highest BCUT2D eigenvalue weighted by atomic mass is 32.2. The van der Waals surface area contributed by atoms with E-state index in [1.807, 2.05) is 19.1 Å². The molecule has 1 atom stereocenters. The largest absolute Gasteiger partial charge is 0.461 e. The molecule has 186 valence electrons. The third-order valence-corrected chi connectivity index (χ3v) is 9.31. The summed E-state index contributed by atoms with van der Waals surface area (Å²) in [7, 11) is -3.90. The summed E-state index contributed by atoms with van der Waals surface area (Å²) >= 11 is 0. The van der Waals surface area contributed by atoms with E-state index in [0.29, 0.717) is 34.5 Å². The molecule has 36 heavy (non-hydrogen) atoms. The Morgan fingerprint density at radius 2 is 1.89 bits per heavy atom. The van der Waals surface area contributed by atoms with Crippen LogP contribution in [-0.2, 0) is 22.9 Å². The first kappa shape index (κ1) is 23.1. The molecule has 0 saturated heterocycles. The van der Waals surface area contributed by atoms with E-state index >= 15 is 0 Å². The van der Waals surface area contributed by atoms with Crippen molar-refractivity contribution in [3.63, 3.8) is 0 Å². The molecule has 0 unspecified atom stereocenters. The lowest BCUT2D eigenvalue weighted by molar-refractivity contribution is 0.0994. The fraction of sp³-hybridized carbons (Fsp3) is 0.345. The summed E-state index contributed by atoms with van der Waals surface area (Å²) < 4.78 is 36.1. The smallest absolute Gasteiger partial charge is 0.262 e. The molecule has 2 heterocycles. The molecule has 0 spiro atoms. The number of nitrogens with one attached hydrogen (secondary N) is 1. The number of sulfonamides is 1. The number of benzene rings is 3. The maximum absolute atomic E-state index is 13.6. The highest BCUT2D eigenvalue weighted by molar-refractivity contribution is 7.93. The SMILES string of the molecule is CCN1C(=O)c2cccc3c(S(=O)(=O)Nc4ccc5oc6c(c5c4)C[C@@H](C(C)(C)C)CC6)ccc1c23. The number of aryl methyl sites for hydroxylation is 1. The van der Waals surface area contributed by atoms with Crippen LogP contribution in [0.2, 0.25) is 0 Å². The van der Waals surface area contributed by atoms with Crippen molar-refractivity contribution < 1.29 is 17.6 Å². The molecule has 0 radical (unpaired) electrons. The average molecular weight is 503 g/mol. The molecular formula is C29H30N2O4S. The number of carbonyl (C=O) groups is 1. The van der Waals surface area contributed by atoms with Crippen molar-refractivity contribution in [1.82, 2.24) is 0 Å². The highest BCUT2D eigenvalue weighted by Gasteiger charge is 2.33. The third-order valence-electron chi connectivity index (χ3n) is 7.87. The summed E-state index contributed by atoms with van der Waals surface area (Å²) in [6, 6.07) is 14.1. The van der Waals surface area contributed by atoms with E-state index in [-0.39, 0.29) is 16.2 Å². The Morgan fingerprint density at radius 3 is 2.64 bits per heavy atom. The minimum atomic E-state index is -3.90. The van der Waals surface area contributed by atoms with E-state index in [4.69, 9.17) is 4.42 Å². The molecular weight excluding hydrogens is 472 g/mol. The standard InChI is InChI=1S/C29H30N2O4S/c1-5-31-23-11-14-26(19-7-6-8-20(27(19)23)28(31)32)36(33,34)30-18-10-13-25-22(16-18)21-15-17(29(2,3)4)9-12-24(21)35-25/h6-8,10-11,13-14,16-17,30H,5,9,12,15H2,1-4H3/t17-/m0/s1.